The molecule has 4 unspecified atom stereocenters. The fourth-order valence-corrected chi connectivity index (χ4v) is 6.15. The van der Waals surface area contributed by atoms with E-state index in [1.54, 1.807) is 44.1 Å². The Balaban J connectivity index is 1.49. The van der Waals surface area contributed by atoms with Crippen molar-refractivity contribution in [3.8, 4) is 0 Å². The monoisotopic (exact) mass is 258 g/mol. The number of hydrogen-bond donors (Lipinski definition) is 0. The molecule has 0 heterocycles. The van der Waals surface area contributed by atoms with Gasteiger partial charge < -0.3 is 0 Å². The average molecular weight is 258 g/mol. The third-order valence-electron chi connectivity index (χ3n) is 7.39. The highest BCUT2D eigenvalue weighted by molar-refractivity contribution is 5.07. The van der Waals surface area contributed by atoms with E-state index in [4.69, 9.17) is 0 Å². The minimum absolute atomic E-state index is 0.742. The molecule has 0 nitrogen and oxygen atoms in total. The van der Waals surface area contributed by atoms with E-state index in [1.165, 1.54) is 25.7 Å². The van der Waals surface area contributed by atoms with Crippen molar-refractivity contribution < 1.29 is 0 Å². The lowest BCUT2D eigenvalue weighted by Gasteiger charge is -2.52. The first-order valence-corrected chi connectivity index (χ1v) is 8.82. The second kappa shape index (κ2) is 4.37. The third-order valence-corrected chi connectivity index (χ3v) is 7.39. The molecule has 0 aliphatic heterocycles. The first-order chi connectivity index (χ1) is 9.16. The Morgan fingerprint density at radius 2 is 1.68 bits per heavy atom. The first kappa shape index (κ1) is 12.5. The largest absolute Gasteiger partial charge is 0.0999 e. The molecule has 4 aliphatic carbocycles. The number of fused-ring (bicyclic) bond motifs is 3. The van der Waals surface area contributed by atoms with Crippen molar-refractivity contribution in [2.75, 3.05) is 0 Å². The molecule has 0 amide bonds. The molecule has 4 saturated carbocycles. The molecule has 4 aliphatic rings. The molecule has 0 saturated heterocycles. The Morgan fingerprint density at radius 1 is 0.947 bits per heavy atom. The Bertz CT molecular complexity index is 377. The van der Waals surface area contributed by atoms with Gasteiger partial charge in [0.15, 0.2) is 0 Å². The second-order valence-corrected chi connectivity index (χ2v) is 8.59. The van der Waals surface area contributed by atoms with E-state index in [0.717, 1.165) is 35.0 Å². The summed E-state index contributed by atoms with van der Waals surface area (Å²) in [5.41, 5.74) is 2.30. The van der Waals surface area contributed by atoms with Crippen LogP contribution in [0.3, 0.4) is 0 Å². The van der Waals surface area contributed by atoms with Crippen molar-refractivity contribution in [1.29, 1.82) is 0 Å². The molecule has 4 fully saturated rings. The summed E-state index contributed by atoms with van der Waals surface area (Å²) in [5, 5.41) is 0. The van der Waals surface area contributed by atoms with Crippen LogP contribution < -0.4 is 0 Å². The van der Waals surface area contributed by atoms with E-state index in [9.17, 15) is 0 Å². The zero-order chi connectivity index (χ0) is 13.0. The first-order valence-electron chi connectivity index (χ1n) is 8.82. The fourth-order valence-electron chi connectivity index (χ4n) is 6.15. The van der Waals surface area contributed by atoms with Crippen LogP contribution in [0.2, 0.25) is 0 Å². The van der Waals surface area contributed by atoms with E-state index in [2.05, 4.69) is 13.5 Å². The summed E-state index contributed by atoms with van der Waals surface area (Å²) in [7, 11) is 0. The third kappa shape index (κ3) is 2.10. The molecule has 4 rings (SSSR count). The normalized spacial score (nSPS) is 50.5. The van der Waals surface area contributed by atoms with E-state index < -0.39 is 0 Å². The quantitative estimate of drug-likeness (QED) is 0.538. The molecule has 0 bridgehead atoms. The summed E-state index contributed by atoms with van der Waals surface area (Å²) < 4.78 is 0. The van der Waals surface area contributed by atoms with Gasteiger partial charge in [-0.3, -0.25) is 0 Å². The van der Waals surface area contributed by atoms with Crippen LogP contribution in [0.5, 0.6) is 0 Å². The highest BCUT2D eigenvalue weighted by Gasteiger charge is 2.50. The van der Waals surface area contributed by atoms with Crippen LogP contribution in [0, 0.1) is 35.0 Å². The van der Waals surface area contributed by atoms with Crippen LogP contribution in [0.15, 0.2) is 12.2 Å². The van der Waals surface area contributed by atoms with Crippen LogP contribution in [0.25, 0.3) is 0 Å². The Morgan fingerprint density at radius 3 is 2.47 bits per heavy atom. The maximum Gasteiger partial charge on any atom is -0.0292 e. The number of hydrogen-bond acceptors (Lipinski definition) is 0. The highest BCUT2D eigenvalue weighted by atomic mass is 14.6. The van der Waals surface area contributed by atoms with Gasteiger partial charge in [-0.1, -0.05) is 19.1 Å². The average Bonchev–Trinajstić information content (AvgIpc) is 3.22. The predicted octanol–water partition coefficient (Wildman–Crippen LogP) is 5.59. The summed E-state index contributed by atoms with van der Waals surface area (Å²) in [5.74, 6) is 5.39. The van der Waals surface area contributed by atoms with Crippen molar-refractivity contribution in [1.82, 2.24) is 0 Å². The number of allylic oxidation sites excluding steroid dienone is 1. The van der Waals surface area contributed by atoms with Crippen molar-refractivity contribution in [2.24, 2.45) is 35.0 Å². The fraction of sp³-hybridized carbons (Fsp3) is 0.895. The lowest BCUT2D eigenvalue weighted by molar-refractivity contribution is -0.0140. The summed E-state index contributed by atoms with van der Waals surface area (Å²) in [6.07, 6.45) is 15.0. The van der Waals surface area contributed by atoms with Gasteiger partial charge in [0.05, 0.1) is 0 Å². The maximum absolute atomic E-state index is 4.26. The van der Waals surface area contributed by atoms with E-state index in [0.29, 0.717) is 0 Å². The van der Waals surface area contributed by atoms with Gasteiger partial charge >= 0.3 is 0 Å². The van der Waals surface area contributed by atoms with Crippen molar-refractivity contribution in [2.45, 2.75) is 71.1 Å². The van der Waals surface area contributed by atoms with Crippen LogP contribution in [0.1, 0.15) is 71.1 Å². The summed E-state index contributed by atoms with van der Waals surface area (Å²) in [6.45, 7) is 6.88. The van der Waals surface area contributed by atoms with Gasteiger partial charge in [-0.15, -0.1) is 0 Å². The van der Waals surface area contributed by atoms with E-state index >= 15 is 0 Å². The van der Waals surface area contributed by atoms with E-state index in [-0.39, 0.29) is 0 Å². The van der Waals surface area contributed by atoms with Crippen molar-refractivity contribution >= 4 is 0 Å². The lowest BCUT2D eigenvalue weighted by Crippen LogP contribution is -2.43. The molecule has 0 heteroatoms. The standard InChI is InChI=1S/C19H30/c1-13-3-8-17-14(11-13)4-5-15-12-19(2,16-6-7-16)10-9-18(15)17/h14-18H,1,3-12H2,2H3/t14?,15?,17?,18?,19-/m0/s1. The molecule has 0 aromatic heterocycles. The zero-order valence-electron chi connectivity index (χ0n) is 12.7. The Hall–Kier alpha value is -0.260. The topological polar surface area (TPSA) is 0 Å². The lowest BCUT2D eigenvalue weighted by atomic mass is 9.53. The van der Waals surface area contributed by atoms with Crippen molar-refractivity contribution in [3.63, 3.8) is 0 Å². The minimum Gasteiger partial charge on any atom is -0.0999 e. The predicted molar refractivity (Wildman–Crippen MR) is 80.9 cm³/mol. The molecule has 0 aromatic rings. The smallest absolute Gasteiger partial charge is 0.0292 e. The molecule has 5 atom stereocenters. The Kier molecular flexibility index (Phi) is 2.87. The van der Waals surface area contributed by atoms with Gasteiger partial charge in [0.2, 0.25) is 0 Å². The van der Waals surface area contributed by atoms with Crippen LogP contribution in [-0.2, 0) is 0 Å². The minimum atomic E-state index is 0.742. The Labute approximate surface area is 119 Å². The van der Waals surface area contributed by atoms with Gasteiger partial charge in [-0.05, 0) is 99.2 Å². The molecule has 0 aromatic carbocycles. The highest BCUT2D eigenvalue weighted by Crippen LogP contribution is 2.60. The molecular weight excluding hydrogens is 228 g/mol. The van der Waals surface area contributed by atoms with Crippen molar-refractivity contribution in [3.05, 3.63) is 12.2 Å². The molecule has 0 spiro atoms. The van der Waals surface area contributed by atoms with Crippen LogP contribution >= 0.6 is 0 Å². The van der Waals surface area contributed by atoms with Gasteiger partial charge in [-0.2, -0.15) is 0 Å². The van der Waals surface area contributed by atoms with Gasteiger partial charge in [0.1, 0.15) is 0 Å². The van der Waals surface area contributed by atoms with E-state index in [1.807, 2.05) is 0 Å². The summed E-state index contributed by atoms with van der Waals surface area (Å²) >= 11 is 0. The second-order valence-electron chi connectivity index (χ2n) is 8.59. The SMILES string of the molecule is C=C1CCC2C(CCC3C[C@@](C)(C4CC4)CCC32)C1. The van der Waals surface area contributed by atoms with Gasteiger partial charge in [-0.25, -0.2) is 0 Å². The molecule has 19 heavy (non-hydrogen) atoms. The molecule has 106 valence electrons. The summed E-state index contributed by atoms with van der Waals surface area (Å²) in [4.78, 5) is 0. The molecule has 0 radical (unpaired) electrons. The molecule has 0 N–H and O–H groups in total. The maximum atomic E-state index is 4.26. The summed E-state index contributed by atoms with van der Waals surface area (Å²) in [6, 6.07) is 0. The number of rotatable bonds is 1. The van der Waals surface area contributed by atoms with Crippen LogP contribution in [0.4, 0.5) is 0 Å². The molecular formula is C19H30. The van der Waals surface area contributed by atoms with Crippen LogP contribution in [-0.4, -0.2) is 0 Å². The van der Waals surface area contributed by atoms with Gasteiger partial charge in [0.25, 0.3) is 0 Å². The zero-order valence-corrected chi connectivity index (χ0v) is 12.7. The van der Waals surface area contributed by atoms with Gasteiger partial charge in [0, 0.05) is 0 Å².